The fourth-order valence-corrected chi connectivity index (χ4v) is 0.546. The second-order valence-electron chi connectivity index (χ2n) is 2.28. The van der Waals surface area contributed by atoms with Crippen LogP contribution in [-0.4, -0.2) is 31.0 Å². The van der Waals surface area contributed by atoms with Crippen LogP contribution in [0.25, 0.3) is 0 Å². The van der Waals surface area contributed by atoms with Gasteiger partial charge in [0, 0.05) is 0 Å². The first-order valence-electron chi connectivity index (χ1n) is 3.11. The third kappa shape index (κ3) is 1.88. The van der Waals surface area contributed by atoms with Gasteiger partial charge >= 0.3 is 23.9 Å². The van der Waals surface area contributed by atoms with Gasteiger partial charge in [-0.2, -0.15) is 26.3 Å². The first-order chi connectivity index (χ1) is 6.54. The van der Waals surface area contributed by atoms with Crippen LogP contribution in [0, 0.1) is 4.91 Å². The predicted molar refractivity (Wildman–Crippen MR) is 32.7 cm³/mol. The summed E-state index contributed by atoms with van der Waals surface area (Å²) in [6.07, 6.45) is -6.44. The summed E-state index contributed by atoms with van der Waals surface area (Å²) in [5.41, 5.74) is 0. The van der Waals surface area contributed by atoms with E-state index in [0.717, 1.165) is 5.18 Å². The van der Waals surface area contributed by atoms with Crippen LogP contribution in [0.3, 0.4) is 0 Å². The maximum absolute atomic E-state index is 12.8. The average molecular weight is 239 g/mol. The Morgan fingerprint density at radius 1 is 1.13 bits per heavy atom. The number of ether oxygens (including phenoxy) is 1. The number of halogens is 6. The standard InChI is InChI=1S/C5H3F6NO3/c1-15-2(13)3(6,12-14)4(7,8)5(9,10)11/h1H3. The lowest BCUT2D eigenvalue weighted by atomic mass is 10.1. The van der Waals surface area contributed by atoms with Gasteiger partial charge < -0.3 is 4.74 Å². The summed E-state index contributed by atoms with van der Waals surface area (Å²) >= 11 is 0. The van der Waals surface area contributed by atoms with E-state index in [1.165, 1.54) is 0 Å². The van der Waals surface area contributed by atoms with Gasteiger partial charge in [-0.1, -0.05) is 0 Å². The van der Waals surface area contributed by atoms with E-state index in [4.69, 9.17) is 0 Å². The van der Waals surface area contributed by atoms with Gasteiger partial charge in [0.15, 0.2) is 0 Å². The summed E-state index contributed by atoms with van der Waals surface area (Å²) in [6, 6.07) is 0. The van der Waals surface area contributed by atoms with Gasteiger partial charge in [-0.3, -0.25) is 0 Å². The van der Waals surface area contributed by atoms with Crippen LogP contribution < -0.4 is 0 Å². The lowest BCUT2D eigenvalue weighted by Crippen LogP contribution is -2.57. The fourth-order valence-electron chi connectivity index (χ4n) is 0.546. The molecule has 0 radical (unpaired) electrons. The van der Waals surface area contributed by atoms with Crippen LogP contribution >= 0.6 is 0 Å². The van der Waals surface area contributed by atoms with Gasteiger partial charge in [-0.15, -0.1) is 4.91 Å². The van der Waals surface area contributed by atoms with Crippen LogP contribution in [0.2, 0.25) is 0 Å². The van der Waals surface area contributed by atoms with Crippen molar-refractivity contribution in [1.29, 1.82) is 0 Å². The molecule has 0 fully saturated rings. The van der Waals surface area contributed by atoms with Crippen molar-refractivity contribution in [3.05, 3.63) is 4.91 Å². The number of nitroso groups, excluding NO2 is 1. The fraction of sp³-hybridized carbons (Fsp3) is 0.800. The molecule has 0 bridgehead atoms. The van der Waals surface area contributed by atoms with E-state index in [-0.39, 0.29) is 0 Å². The van der Waals surface area contributed by atoms with Crippen molar-refractivity contribution < 1.29 is 35.9 Å². The molecule has 0 heterocycles. The maximum atomic E-state index is 12.8. The monoisotopic (exact) mass is 239 g/mol. The van der Waals surface area contributed by atoms with Gasteiger partial charge in [-0.05, 0) is 5.18 Å². The molecule has 1 atom stereocenters. The molecule has 0 aliphatic rings. The van der Waals surface area contributed by atoms with E-state index in [1.54, 1.807) is 0 Å². The lowest BCUT2D eigenvalue weighted by Gasteiger charge is -2.26. The van der Waals surface area contributed by atoms with Crippen LogP contribution in [-0.2, 0) is 9.53 Å². The number of carbonyl (C=O) groups is 1. The largest absolute Gasteiger partial charge is 0.465 e. The van der Waals surface area contributed by atoms with Gasteiger partial charge in [0.2, 0.25) is 0 Å². The number of esters is 1. The van der Waals surface area contributed by atoms with Crippen molar-refractivity contribution in [2.75, 3.05) is 7.11 Å². The molecule has 0 aromatic carbocycles. The second kappa shape index (κ2) is 3.66. The Hall–Kier alpha value is -1.35. The summed E-state index contributed by atoms with van der Waals surface area (Å²) in [6.45, 7) is 0. The molecule has 1 unspecified atom stereocenters. The second-order valence-corrected chi connectivity index (χ2v) is 2.28. The highest BCUT2D eigenvalue weighted by atomic mass is 19.4. The average Bonchev–Trinajstić information content (AvgIpc) is 2.13. The number of alkyl halides is 6. The summed E-state index contributed by atoms with van der Waals surface area (Å²) < 4.78 is 75.6. The third-order valence-electron chi connectivity index (χ3n) is 1.35. The first kappa shape index (κ1) is 13.7. The number of rotatable bonds is 3. The molecule has 88 valence electrons. The van der Waals surface area contributed by atoms with Crippen molar-refractivity contribution in [2.45, 2.75) is 17.9 Å². The maximum Gasteiger partial charge on any atom is 0.459 e. The highest BCUT2D eigenvalue weighted by molar-refractivity contribution is 5.80. The highest BCUT2D eigenvalue weighted by Gasteiger charge is 2.77. The highest BCUT2D eigenvalue weighted by Crippen LogP contribution is 2.46. The molecule has 0 aromatic rings. The number of carbonyl (C=O) groups excluding carboxylic acids is 1. The van der Waals surface area contributed by atoms with E-state index < -0.39 is 23.9 Å². The Labute approximate surface area is 78.2 Å². The topological polar surface area (TPSA) is 55.7 Å². The van der Waals surface area contributed by atoms with E-state index in [9.17, 15) is 36.0 Å². The molecule has 4 nitrogen and oxygen atoms in total. The first-order valence-corrected chi connectivity index (χ1v) is 3.11. The number of nitrogens with zero attached hydrogens (tertiary/aromatic N) is 1. The normalized spacial score (nSPS) is 16.7. The number of hydrogen-bond acceptors (Lipinski definition) is 4. The van der Waals surface area contributed by atoms with Crippen molar-refractivity contribution in [2.24, 2.45) is 5.18 Å². The Kier molecular flexibility index (Phi) is 3.33. The molecule has 0 aliphatic heterocycles. The molecule has 15 heavy (non-hydrogen) atoms. The van der Waals surface area contributed by atoms with Gasteiger partial charge in [0.05, 0.1) is 7.11 Å². The molecule has 0 amide bonds. The minimum Gasteiger partial charge on any atom is -0.465 e. The number of hydrogen-bond donors (Lipinski definition) is 0. The Morgan fingerprint density at radius 2 is 1.53 bits per heavy atom. The zero-order valence-electron chi connectivity index (χ0n) is 6.94. The summed E-state index contributed by atoms with van der Waals surface area (Å²) in [5, 5.41) is 0.868. The van der Waals surface area contributed by atoms with E-state index in [1.807, 2.05) is 0 Å². The third-order valence-corrected chi connectivity index (χ3v) is 1.35. The van der Waals surface area contributed by atoms with Crippen molar-refractivity contribution in [3.8, 4) is 0 Å². The number of methoxy groups -OCH3 is 1. The SMILES string of the molecule is COC(=O)C(F)(N=O)C(F)(F)C(F)(F)F. The van der Waals surface area contributed by atoms with Crippen molar-refractivity contribution >= 4 is 5.97 Å². The minimum absolute atomic E-state index is 0.328. The lowest BCUT2D eigenvalue weighted by molar-refractivity contribution is -0.323. The van der Waals surface area contributed by atoms with Crippen molar-refractivity contribution in [3.63, 3.8) is 0 Å². The molecule has 0 aromatic heterocycles. The van der Waals surface area contributed by atoms with Gasteiger partial charge in [-0.25, -0.2) is 4.79 Å². The molecule has 0 N–H and O–H groups in total. The van der Waals surface area contributed by atoms with Crippen LogP contribution in [0.15, 0.2) is 5.18 Å². The Morgan fingerprint density at radius 3 is 1.73 bits per heavy atom. The van der Waals surface area contributed by atoms with Crippen molar-refractivity contribution in [1.82, 2.24) is 0 Å². The minimum atomic E-state index is -6.44. The zero-order chi connectivity index (χ0) is 12.5. The quantitative estimate of drug-likeness (QED) is 0.326. The summed E-state index contributed by atoms with van der Waals surface area (Å²) in [4.78, 5) is 19.9. The molecular weight excluding hydrogens is 236 g/mol. The molecule has 10 heteroatoms. The van der Waals surface area contributed by atoms with Gasteiger partial charge in [0.25, 0.3) is 0 Å². The van der Waals surface area contributed by atoms with Gasteiger partial charge in [0.1, 0.15) is 0 Å². The Balaban J connectivity index is 5.48. The molecule has 0 saturated carbocycles. The van der Waals surface area contributed by atoms with E-state index in [2.05, 4.69) is 4.74 Å². The molecule has 0 aliphatic carbocycles. The molecule has 0 spiro atoms. The van der Waals surface area contributed by atoms with Crippen LogP contribution in [0.4, 0.5) is 26.3 Å². The smallest absolute Gasteiger partial charge is 0.459 e. The van der Waals surface area contributed by atoms with Crippen LogP contribution in [0.1, 0.15) is 0 Å². The Bertz CT molecular complexity index is 276. The summed E-state index contributed by atoms with van der Waals surface area (Å²) in [7, 11) is 0.328. The molecule has 0 saturated heterocycles. The molecule has 0 rings (SSSR count). The van der Waals surface area contributed by atoms with E-state index in [0.29, 0.717) is 7.11 Å². The molecular formula is C5H3F6NO3. The summed E-state index contributed by atoms with van der Waals surface area (Å²) in [5.74, 6) is -14.3. The predicted octanol–water partition coefficient (Wildman–Crippen LogP) is 1.79. The zero-order valence-corrected chi connectivity index (χ0v) is 6.94. The van der Waals surface area contributed by atoms with Crippen LogP contribution in [0.5, 0.6) is 0 Å². The van der Waals surface area contributed by atoms with E-state index >= 15 is 0 Å².